The maximum atomic E-state index is 9.20. The smallest absolute Gasteiger partial charge is 0.118 e. The van der Waals surface area contributed by atoms with E-state index in [4.69, 9.17) is 4.74 Å². The Balaban J connectivity index is 2.12. The number of rotatable bonds is 4. The first kappa shape index (κ1) is 10.5. The monoisotopic (exact) mass is 208 g/mol. The maximum Gasteiger partial charge on any atom is 0.118 e. The zero-order chi connectivity index (χ0) is 10.9. The van der Waals surface area contributed by atoms with Crippen molar-refractivity contribution in [2.24, 2.45) is 5.41 Å². The molecule has 0 amide bonds. The number of aliphatic hydroxyl groups excluding tert-OH is 2. The van der Waals surface area contributed by atoms with Crippen LogP contribution in [0.2, 0.25) is 0 Å². The highest BCUT2D eigenvalue weighted by Gasteiger charge is 2.53. The number of benzene rings is 1. The molecule has 0 heterocycles. The van der Waals surface area contributed by atoms with Crippen molar-refractivity contribution in [3.05, 3.63) is 29.8 Å². The molecule has 1 fully saturated rings. The van der Waals surface area contributed by atoms with Gasteiger partial charge < -0.3 is 14.9 Å². The molecule has 82 valence electrons. The van der Waals surface area contributed by atoms with Crippen molar-refractivity contribution in [3.63, 3.8) is 0 Å². The van der Waals surface area contributed by atoms with Crippen molar-refractivity contribution in [2.75, 3.05) is 20.3 Å². The first-order chi connectivity index (χ1) is 7.25. The number of methoxy groups -OCH3 is 1. The van der Waals surface area contributed by atoms with Crippen LogP contribution < -0.4 is 4.74 Å². The average molecular weight is 208 g/mol. The molecule has 0 unspecified atom stereocenters. The molecule has 0 saturated heterocycles. The Morgan fingerprint density at radius 3 is 2.27 bits per heavy atom. The van der Waals surface area contributed by atoms with Crippen LogP contribution in [0.1, 0.15) is 17.9 Å². The van der Waals surface area contributed by atoms with Crippen LogP contribution in [0.4, 0.5) is 0 Å². The zero-order valence-electron chi connectivity index (χ0n) is 8.81. The molecular formula is C12H16O3. The largest absolute Gasteiger partial charge is 0.497 e. The van der Waals surface area contributed by atoms with Crippen molar-refractivity contribution < 1.29 is 14.9 Å². The Hall–Kier alpha value is -1.06. The van der Waals surface area contributed by atoms with Gasteiger partial charge in [-0.1, -0.05) is 12.1 Å². The highest BCUT2D eigenvalue weighted by atomic mass is 16.5. The zero-order valence-corrected chi connectivity index (χ0v) is 8.81. The highest BCUT2D eigenvalue weighted by Crippen LogP contribution is 2.58. The predicted octanol–water partition coefficient (Wildman–Crippen LogP) is 1.15. The van der Waals surface area contributed by atoms with E-state index >= 15 is 0 Å². The highest BCUT2D eigenvalue weighted by molar-refractivity contribution is 5.34. The second kappa shape index (κ2) is 3.83. The molecule has 1 aliphatic rings. The summed E-state index contributed by atoms with van der Waals surface area (Å²) < 4.78 is 5.08. The third kappa shape index (κ3) is 1.73. The van der Waals surface area contributed by atoms with E-state index in [2.05, 4.69) is 0 Å². The first-order valence-corrected chi connectivity index (χ1v) is 5.11. The Morgan fingerprint density at radius 2 is 1.87 bits per heavy atom. The van der Waals surface area contributed by atoms with Crippen LogP contribution in [0.25, 0.3) is 0 Å². The third-order valence-corrected chi connectivity index (χ3v) is 3.34. The number of aliphatic hydroxyl groups is 2. The van der Waals surface area contributed by atoms with Gasteiger partial charge in [0.05, 0.1) is 20.3 Å². The Morgan fingerprint density at radius 1 is 1.27 bits per heavy atom. The van der Waals surface area contributed by atoms with Gasteiger partial charge in [0, 0.05) is 5.41 Å². The molecule has 3 heteroatoms. The molecule has 15 heavy (non-hydrogen) atoms. The topological polar surface area (TPSA) is 49.7 Å². The molecule has 1 atom stereocenters. The van der Waals surface area contributed by atoms with Gasteiger partial charge in [0.1, 0.15) is 5.75 Å². The van der Waals surface area contributed by atoms with Crippen LogP contribution in [-0.4, -0.2) is 30.5 Å². The van der Waals surface area contributed by atoms with E-state index in [0.717, 1.165) is 12.2 Å². The van der Waals surface area contributed by atoms with Gasteiger partial charge >= 0.3 is 0 Å². The van der Waals surface area contributed by atoms with Gasteiger partial charge in [0.25, 0.3) is 0 Å². The molecule has 0 spiro atoms. The molecule has 1 aromatic rings. The summed E-state index contributed by atoms with van der Waals surface area (Å²) in [7, 11) is 1.64. The molecular weight excluding hydrogens is 192 g/mol. The predicted molar refractivity (Wildman–Crippen MR) is 57.0 cm³/mol. The van der Waals surface area contributed by atoms with Gasteiger partial charge in [-0.15, -0.1) is 0 Å². The van der Waals surface area contributed by atoms with Crippen LogP contribution in [-0.2, 0) is 0 Å². The summed E-state index contributed by atoms with van der Waals surface area (Å²) >= 11 is 0. The van der Waals surface area contributed by atoms with E-state index in [1.807, 2.05) is 24.3 Å². The van der Waals surface area contributed by atoms with E-state index in [1.165, 1.54) is 5.56 Å². The van der Waals surface area contributed by atoms with Crippen LogP contribution in [0.15, 0.2) is 24.3 Å². The lowest BCUT2D eigenvalue weighted by molar-refractivity contribution is 0.129. The van der Waals surface area contributed by atoms with E-state index in [1.54, 1.807) is 7.11 Å². The van der Waals surface area contributed by atoms with Crippen LogP contribution >= 0.6 is 0 Å². The Kier molecular flexibility index (Phi) is 2.67. The van der Waals surface area contributed by atoms with Gasteiger partial charge in [-0.05, 0) is 30.0 Å². The molecule has 0 radical (unpaired) electrons. The third-order valence-electron chi connectivity index (χ3n) is 3.34. The van der Waals surface area contributed by atoms with Gasteiger partial charge in [-0.2, -0.15) is 0 Å². The summed E-state index contributed by atoms with van der Waals surface area (Å²) in [5.74, 6) is 1.12. The van der Waals surface area contributed by atoms with Gasteiger partial charge in [0.2, 0.25) is 0 Å². The van der Waals surface area contributed by atoms with Gasteiger partial charge in [0.15, 0.2) is 0 Å². The summed E-state index contributed by atoms with van der Waals surface area (Å²) in [5.41, 5.74) is 0.883. The quantitative estimate of drug-likeness (QED) is 0.780. The lowest BCUT2D eigenvalue weighted by Crippen LogP contribution is -2.14. The summed E-state index contributed by atoms with van der Waals surface area (Å²) in [4.78, 5) is 0. The fourth-order valence-corrected chi connectivity index (χ4v) is 2.05. The fraction of sp³-hybridized carbons (Fsp3) is 0.500. The molecule has 0 aromatic heterocycles. The summed E-state index contributed by atoms with van der Waals surface area (Å²) in [6.07, 6.45) is 0.867. The molecule has 2 rings (SSSR count). The molecule has 0 aliphatic heterocycles. The average Bonchev–Trinajstić information content (AvgIpc) is 3.05. The summed E-state index contributed by atoms with van der Waals surface area (Å²) in [6, 6.07) is 7.81. The maximum absolute atomic E-state index is 9.20. The minimum Gasteiger partial charge on any atom is -0.497 e. The number of hydrogen-bond acceptors (Lipinski definition) is 3. The second-order valence-electron chi connectivity index (χ2n) is 4.21. The van der Waals surface area contributed by atoms with Gasteiger partial charge in [-0.3, -0.25) is 0 Å². The fourth-order valence-electron chi connectivity index (χ4n) is 2.05. The first-order valence-electron chi connectivity index (χ1n) is 5.11. The number of ether oxygens (including phenoxy) is 1. The molecule has 3 nitrogen and oxygen atoms in total. The Labute approximate surface area is 89.3 Å². The van der Waals surface area contributed by atoms with Crippen molar-refractivity contribution in [1.82, 2.24) is 0 Å². The van der Waals surface area contributed by atoms with E-state index < -0.39 is 0 Å². The van der Waals surface area contributed by atoms with Gasteiger partial charge in [-0.25, -0.2) is 0 Å². The lowest BCUT2D eigenvalue weighted by Gasteiger charge is -2.10. The van der Waals surface area contributed by atoms with E-state index in [-0.39, 0.29) is 18.6 Å². The normalized spacial score (nSPS) is 22.5. The molecule has 2 N–H and O–H groups in total. The Bertz CT molecular complexity index is 327. The molecule has 0 bridgehead atoms. The van der Waals surface area contributed by atoms with Crippen molar-refractivity contribution in [1.29, 1.82) is 0 Å². The minimum atomic E-state index is -0.283. The van der Waals surface area contributed by atoms with Crippen LogP contribution in [0.3, 0.4) is 0 Å². The molecule has 1 aliphatic carbocycles. The molecule has 1 saturated carbocycles. The van der Waals surface area contributed by atoms with E-state index in [0.29, 0.717) is 5.92 Å². The standard InChI is InChI=1S/C12H16O3/c1-15-10-4-2-9(3-5-10)11-6-12(11,7-13)8-14/h2-5,11,13-14H,6-8H2,1H3/t11-/m0/s1. The second-order valence-corrected chi connectivity index (χ2v) is 4.21. The van der Waals surface area contributed by atoms with E-state index in [9.17, 15) is 10.2 Å². The molecule has 1 aromatic carbocycles. The SMILES string of the molecule is COc1ccc([C@@H]2CC2(CO)CO)cc1. The summed E-state index contributed by atoms with van der Waals surface area (Å²) in [5, 5.41) is 18.4. The number of hydrogen-bond donors (Lipinski definition) is 2. The lowest BCUT2D eigenvalue weighted by atomic mass is 10.0. The minimum absolute atomic E-state index is 0.0557. The van der Waals surface area contributed by atoms with Crippen LogP contribution in [0.5, 0.6) is 5.75 Å². The van der Waals surface area contributed by atoms with Crippen molar-refractivity contribution in [3.8, 4) is 5.75 Å². The van der Waals surface area contributed by atoms with Crippen molar-refractivity contribution >= 4 is 0 Å². The summed E-state index contributed by atoms with van der Waals surface area (Å²) in [6.45, 7) is 0.111. The van der Waals surface area contributed by atoms with Crippen molar-refractivity contribution in [2.45, 2.75) is 12.3 Å². The van der Waals surface area contributed by atoms with Crippen LogP contribution in [0, 0.1) is 5.41 Å².